The molecule has 1 aromatic rings. The van der Waals surface area contributed by atoms with Gasteiger partial charge in [0.1, 0.15) is 0 Å². The molecule has 2 rings (SSSR count). The highest BCUT2D eigenvalue weighted by atomic mass is 35.5. The Morgan fingerprint density at radius 1 is 1.14 bits per heavy atom. The third-order valence-electron chi connectivity index (χ3n) is 3.90. The normalized spacial score (nSPS) is 17.7. The lowest BCUT2D eigenvalue weighted by Gasteiger charge is -2.42. The van der Waals surface area contributed by atoms with E-state index in [0.29, 0.717) is 17.8 Å². The quantitative estimate of drug-likeness (QED) is 0.881. The number of guanidine groups is 1. The number of rotatable bonds is 5. The van der Waals surface area contributed by atoms with Gasteiger partial charge in [-0.3, -0.25) is 4.99 Å². The van der Waals surface area contributed by atoms with Crippen LogP contribution in [0.1, 0.15) is 40.5 Å². The summed E-state index contributed by atoms with van der Waals surface area (Å²) in [6.07, 6.45) is 2.16. The number of hydrogen-bond acceptors (Lipinski definition) is 3. The summed E-state index contributed by atoms with van der Waals surface area (Å²) in [5.74, 6) is 1.82. The first-order chi connectivity index (χ1) is 9.84. The standard InChI is InChI=1S/C17H26ClN3/c1-12(2)9-17(10-13(3)4)11-20-16(19)21(17)15-7-5-14(18)6-8-15/h5-8,12-13H,9-11H2,1-4H3,(H2,19,20). The molecule has 4 heteroatoms. The van der Waals surface area contributed by atoms with Crippen molar-refractivity contribution in [1.82, 2.24) is 0 Å². The van der Waals surface area contributed by atoms with Crippen LogP contribution < -0.4 is 10.6 Å². The Hall–Kier alpha value is -1.22. The Morgan fingerprint density at radius 2 is 1.67 bits per heavy atom. The number of hydrogen-bond donors (Lipinski definition) is 1. The van der Waals surface area contributed by atoms with Crippen molar-refractivity contribution >= 4 is 23.2 Å². The average molecular weight is 308 g/mol. The topological polar surface area (TPSA) is 41.6 Å². The lowest BCUT2D eigenvalue weighted by molar-refractivity contribution is 0.304. The van der Waals surface area contributed by atoms with Crippen molar-refractivity contribution in [1.29, 1.82) is 0 Å². The summed E-state index contributed by atoms with van der Waals surface area (Å²) >= 11 is 6.01. The Balaban J connectivity index is 2.40. The first-order valence-electron chi connectivity index (χ1n) is 7.70. The molecule has 21 heavy (non-hydrogen) atoms. The van der Waals surface area contributed by atoms with Crippen LogP contribution in [-0.4, -0.2) is 18.0 Å². The van der Waals surface area contributed by atoms with E-state index in [1.165, 1.54) is 0 Å². The Bertz CT molecular complexity index is 495. The molecule has 2 N–H and O–H groups in total. The molecule has 0 unspecified atom stereocenters. The van der Waals surface area contributed by atoms with Crippen molar-refractivity contribution < 1.29 is 0 Å². The van der Waals surface area contributed by atoms with E-state index in [0.717, 1.165) is 30.1 Å². The molecule has 0 aliphatic carbocycles. The molecule has 1 aliphatic rings. The number of nitrogens with zero attached hydrogens (tertiary/aromatic N) is 2. The van der Waals surface area contributed by atoms with Crippen LogP contribution in [0.3, 0.4) is 0 Å². The number of anilines is 1. The molecule has 0 atom stereocenters. The molecule has 116 valence electrons. The van der Waals surface area contributed by atoms with Crippen molar-refractivity contribution in [3.8, 4) is 0 Å². The van der Waals surface area contributed by atoms with Crippen LogP contribution in [-0.2, 0) is 0 Å². The van der Waals surface area contributed by atoms with Crippen molar-refractivity contribution in [2.24, 2.45) is 22.6 Å². The van der Waals surface area contributed by atoms with Gasteiger partial charge in [-0.25, -0.2) is 0 Å². The Labute approximate surface area is 133 Å². The molecular weight excluding hydrogens is 282 g/mol. The zero-order chi connectivity index (χ0) is 15.6. The van der Waals surface area contributed by atoms with Gasteiger partial charge in [0.25, 0.3) is 0 Å². The summed E-state index contributed by atoms with van der Waals surface area (Å²) in [5.41, 5.74) is 7.29. The third kappa shape index (κ3) is 3.52. The monoisotopic (exact) mass is 307 g/mol. The van der Waals surface area contributed by atoms with Crippen molar-refractivity contribution in [3.63, 3.8) is 0 Å². The van der Waals surface area contributed by atoms with Gasteiger partial charge >= 0.3 is 0 Å². The van der Waals surface area contributed by atoms with Crippen molar-refractivity contribution in [2.45, 2.75) is 46.1 Å². The van der Waals surface area contributed by atoms with Gasteiger partial charge in [0.15, 0.2) is 5.96 Å². The fourth-order valence-corrected chi connectivity index (χ4v) is 3.65. The number of nitrogens with two attached hydrogens (primary N) is 1. The van der Waals surface area contributed by atoms with Gasteiger partial charge in [-0.1, -0.05) is 39.3 Å². The zero-order valence-corrected chi connectivity index (χ0v) is 14.2. The molecule has 0 amide bonds. The number of aliphatic imine (C=N–C) groups is 1. The minimum Gasteiger partial charge on any atom is -0.369 e. The van der Waals surface area contributed by atoms with E-state index >= 15 is 0 Å². The first kappa shape index (κ1) is 16.2. The second kappa shape index (κ2) is 6.27. The maximum Gasteiger partial charge on any atom is 0.196 e. The highest BCUT2D eigenvalue weighted by molar-refractivity contribution is 6.30. The molecule has 0 saturated carbocycles. The predicted octanol–water partition coefficient (Wildman–Crippen LogP) is 4.31. The van der Waals surface area contributed by atoms with Crippen molar-refractivity contribution in [2.75, 3.05) is 11.4 Å². The lowest BCUT2D eigenvalue weighted by Crippen LogP contribution is -2.53. The molecular formula is C17H26ClN3. The Kier molecular flexibility index (Phi) is 4.82. The fraction of sp³-hybridized carbons (Fsp3) is 0.588. The molecule has 0 aromatic heterocycles. The summed E-state index contributed by atoms with van der Waals surface area (Å²) in [6.45, 7) is 9.82. The van der Waals surface area contributed by atoms with Crippen LogP contribution in [0, 0.1) is 11.8 Å². The van der Waals surface area contributed by atoms with Crippen LogP contribution >= 0.6 is 11.6 Å². The van der Waals surface area contributed by atoms with Gasteiger partial charge in [0, 0.05) is 10.7 Å². The number of benzene rings is 1. The first-order valence-corrected chi connectivity index (χ1v) is 8.07. The summed E-state index contributed by atoms with van der Waals surface area (Å²) in [7, 11) is 0. The highest BCUT2D eigenvalue weighted by Crippen LogP contribution is 2.38. The van der Waals surface area contributed by atoms with Crippen LogP contribution in [0.15, 0.2) is 29.3 Å². The van der Waals surface area contributed by atoms with Crippen LogP contribution in [0.4, 0.5) is 5.69 Å². The summed E-state index contributed by atoms with van der Waals surface area (Å²) in [4.78, 5) is 6.79. The van der Waals surface area contributed by atoms with Gasteiger partial charge < -0.3 is 10.6 Å². The predicted molar refractivity (Wildman–Crippen MR) is 92.1 cm³/mol. The fourth-order valence-electron chi connectivity index (χ4n) is 3.52. The molecule has 1 aromatic carbocycles. The largest absolute Gasteiger partial charge is 0.369 e. The molecule has 0 radical (unpaired) electrons. The van der Waals surface area contributed by atoms with E-state index in [1.54, 1.807) is 0 Å². The second-order valence-electron chi connectivity index (χ2n) is 6.91. The Morgan fingerprint density at radius 3 is 2.14 bits per heavy atom. The molecule has 3 nitrogen and oxygen atoms in total. The van der Waals surface area contributed by atoms with E-state index < -0.39 is 0 Å². The second-order valence-corrected chi connectivity index (χ2v) is 7.34. The van der Waals surface area contributed by atoms with E-state index in [2.05, 4.69) is 37.6 Å². The number of halogens is 1. The summed E-state index contributed by atoms with van der Waals surface area (Å²) in [6, 6.07) is 7.90. The highest BCUT2D eigenvalue weighted by Gasteiger charge is 2.43. The van der Waals surface area contributed by atoms with E-state index in [9.17, 15) is 0 Å². The summed E-state index contributed by atoms with van der Waals surface area (Å²) in [5, 5.41) is 0.742. The van der Waals surface area contributed by atoms with Crippen LogP contribution in [0.2, 0.25) is 5.02 Å². The van der Waals surface area contributed by atoms with Gasteiger partial charge in [-0.05, 0) is 48.9 Å². The molecule has 0 saturated heterocycles. The van der Waals surface area contributed by atoms with Gasteiger partial charge in [-0.15, -0.1) is 0 Å². The zero-order valence-electron chi connectivity index (χ0n) is 13.4. The third-order valence-corrected chi connectivity index (χ3v) is 4.15. The van der Waals surface area contributed by atoms with E-state index in [-0.39, 0.29) is 5.54 Å². The molecule has 0 fully saturated rings. The SMILES string of the molecule is CC(C)CC1(CC(C)C)CN=C(N)N1c1ccc(Cl)cc1. The summed E-state index contributed by atoms with van der Waals surface area (Å²) < 4.78 is 0. The minimum absolute atomic E-state index is 0.0136. The van der Waals surface area contributed by atoms with Gasteiger partial charge in [0.05, 0.1) is 12.1 Å². The van der Waals surface area contributed by atoms with Crippen molar-refractivity contribution in [3.05, 3.63) is 29.3 Å². The maximum absolute atomic E-state index is 6.22. The molecule has 0 spiro atoms. The van der Waals surface area contributed by atoms with E-state index in [1.807, 2.05) is 24.3 Å². The van der Waals surface area contributed by atoms with E-state index in [4.69, 9.17) is 17.3 Å². The molecule has 0 bridgehead atoms. The molecule has 1 aliphatic heterocycles. The minimum atomic E-state index is -0.0136. The van der Waals surface area contributed by atoms with Gasteiger partial charge in [-0.2, -0.15) is 0 Å². The maximum atomic E-state index is 6.22. The van der Waals surface area contributed by atoms with Crippen LogP contribution in [0.25, 0.3) is 0 Å². The van der Waals surface area contributed by atoms with Crippen LogP contribution in [0.5, 0.6) is 0 Å². The smallest absolute Gasteiger partial charge is 0.196 e. The molecule has 1 heterocycles. The van der Waals surface area contributed by atoms with Gasteiger partial charge in [0.2, 0.25) is 0 Å². The average Bonchev–Trinajstić information content (AvgIpc) is 2.66. The lowest BCUT2D eigenvalue weighted by atomic mass is 9.81.